The maximum Gasteiger partial charge on any atom is 0.242 e. The highest BCUT2D eigenvalue weighted by Gasteiger charge is 2.22. The summed E-state index contributed by atoms with van der Waals surface area (Å²) in [7, 11) is 0. The maximum absolute atomic E-state index is 11.6. The standard InChI is InChI=1S/C10H20N2O4/c1-6(2)9(12-7(3)14)10(16)11-4-8(15)5-13/h6,8-9,13,15H,4-5H2,1-3H3,(H,11,16)(H,12,14). The Labute approximate surface area is 95.0 Å². The van der Waals surface area contributed by atoms with Gasteiger partial charge in [0.05, 0.1) is 12.7 Å². The second-order valence-corrected chi connectivity index (χ2v) is 4.00. The molecule has 0 aliphatic heterocycles. The molecule has 2 atom stereocenters. The van der Waals surface area contributed by atoms with E-state index in [0.717, 1.165) is 0 Å². The predicted octanol–water partition coefficient (Wildman–Crippen LogP) is -1.38. The van der Waals surface area contributed by atoms with Crippen molar-refractivity contribution in [3.05, 3.63) is 0 Å². The van der Waals surface area contributed by atoms with Gasteiger partial charge < -0.3 is 20.8 Å². The van der Waals surface area contributed by atoms with E-state index < -0.39 is 18.8 Å². The molecule has 2 amide bonds. The molecule has 0 saturated heterocycles. The molecule has 2 unspecified atom stereocenters. The van der Waals surface area contributed by atoms with Crippen molar-refractivity contribution in [3.8, 4) is 0 Å². The summed E-state index contributed by atoms with van der Waals surface area (Å²) in [6.07, 6.45) is -0.978. The maximum atomic E-state index is 11.6. The van der Waals surface area contributed by atoms with E-state index in [-0.39, 0.29) is 24.3 Å². The molecule has 0 saturated carbocycles. The quantitative estimate of drug-likeness (QED) is 0.453. The number of nitrogens with one attached hydrogen (secondary N) is 2. The summed E-state index contributed by atoms with van der Waals surface area (Å²) in [5.74, 6) is -0.690. The molecule has 6 heteroatoms. The molecule has 0 bridgehead atoms. The Bertz CT molecular complexity index is 243. The largest absolute Gasteiger partial charge is 0.394 e. The Morgan fingerprint density at radius 3 is 2.25 bits per heavy atom. The number of hydrogen-bond donors (Lipinski definition) is 4. The Morgan fingerprint density at radius 1 is 1.31 bits per heavy atom. The number of aliphatic hydroxyl groups is 2. The van der Waals surface area contributed by atoms with Gasteiger partial charge in [-0.15, -0.1) is 0 Å². The van der Waals surface area contributed by atoms with Crippen LogP contribution in [0, 0.1) is 5.92 Å². The number of carbonyl (C=O) groups is 2. The molecular weight excluding hydrogens is 212 g/mol. The second kappa shape index (κ2) is 7.19. The van der Waals surface area contributed by atoms with Crippen molar-refractivity contribution in [1.29, 1.82) is 0 Å². The molecular formula is C10H20N2O4. The van der Waals surface area contributed by atoms with Crippen LogP contribution < -0.4 is 10.6 Å². The molecule has 16 heavy (non-hydrogen) atoms. The number of aliphatic hydroxyl groups excluding tert-OH is 2. The molecule has 6 nitrogen and oxygen atoms in total. The number of rotatable bonds is 6. The topological polar surface area (TPSA) is 98.7 Å². The SMILES string of the molecule is CC(=O)NC(C(=O)NCC(O)CO)C(C)C. The summed E-state index contributed by atoms with van der Waals surface area (Å²) in [4.78, 5) is 22.5. The lowest BCUT2D eigenvalue weighted by Crippen LogP contribution is -2.50. The van der Waals surface area contributed by atoms with Gasteiger partial charge in [-0.3, -0.25) is 9.59 Å². The van der Waals surface area contributed by atoms with Crippen LogP contribution in [0.25, 0.3) is 0 Å². The van der Waals surface area contributed by atoms with E-state index in [9.17, 15) is 9.59 Å². The highest BCUT2D eigenvalue weighted by atomic mass is 16.3. The summed E-state index contributed by atoms with van der Waals surface area (Å²) in [5.41, 5.74) is 0. The highest BCUT2D eigenvalue weighted by molar-refractivity contribution is 5.87. The average Bonchev–Trinajstić information content (AvgIpc) is 2.21. The van der Waals surface area contributed by atoms with Crippen LogP contribution in [0.15, 0.2) is 0 Å². The van der Waals surface area contributed by atoms with Gasteiger partial charge in [-0.1, -0.05) is 13.8 Å². The van der Waals surface area contributed by atoms with E-state index in [1.54, 1.807) is 0 Å². The zero-order valence-corrected chi connectivity index (χ0v) is 9.86. The third-order valence-corrected chi connectivity index (χ3v) is 2.03. The zero-order chi connectivity index (χ0) is 12.7. The number of amides is 2. The predicted molar refractivity (Wildman–Crippen MR) is 58.5 cm³/mol. The monoisotopic (exact) mass is 232 g/mol. The first-order valence-electron chi connectivity index (χ1n) is 5.22. The lowest BCUT2D eigenvalue weighted by atomic mass is 10.0. The van der Waals surface area contributed by atoms with Crippen molar-refractivity contribution in [2.45, 2.75) is 32.9 Å². The van der Waals surface area contributed by atoms with Crippen LogP contribution in [0.5, 0.6) is 0 Å². The lowest BCUT2D eigenvalue weighted by molar-refractivity contribution is -0.129. The Kier molecular flexibility index (Phi) is 6.67. The molecule has 0 aliphatic rings. The molecule has 4 N–H and O–H groups in total. The normalized spacial score (nSPS) is 14.4. The Hall–Kier alpha value is -1.14. The van der Waals surface area contributed by atoms with Crippen LogP contribution in [0.2, 0.25) is 0 Å². The van der Waals surface area contributed by atoms with E-state index in [1.807, 2.05) is 13.8 Å². The van der Waals surface area contributed by atoms with Crippen LogP contribution in [0.3, 0.4) is 0 Å². The minimum Gasteiger partial charge on any atom is -0.394 e. The lowest BCUT2D eigenvalue weighted by Gasteiger charge is -2.21. The van der Waals surface area contributed by atoms with Crippen molar-refractivity contribution in [3.63, 3.8) is 0 Å². The van der Waals surface area contributed by atoms with E-state index in [2.05, 4.69) is 10.6 Å². The Balaban J connectivity index is 4.22. The van der Waals surface area contributed by atoms with Gasteiger partial charge in [0.25, 0.3) is 0 Å². The first kappa shape index (κ1) is 14.9. The van der Waals surface area contributed by atoms with Crippen LogP contribution in [0.4, 0.5) is 0 Å². The summed E-state index contributed by atoms with van der Waals surface area (Å²) < 4.78 is 0. The van der Waals surface area contributed by atoms with Gasteiger partial charge in [0.1, 0.15) is 6.04 Å². The molecule has 0 aromatic rings. The molecule has 0 radical (unpaired) electrons. The number of carbonyl (C=O) groups excluding carboxylic acids is 2. The summed E-state index contributed by atoms with van der Waals surface area (Å²) in [6, 6.07) is -0.622. The molecule has 0 spiro atoms. The fourth-order valence-electron chi connectivity index (χ4n) is 1.15. The van der Waals surface area contributed by atoms with Crippen LogP contribution in [-0.2, 0) is 9.59 Å². The van der Waals surface area contributed by atoms with Gasteiger partial charge in [0.15, 0.2) is 0 Å². The van der Waals surface area contributed by atoms with Gasteiger partial charge >= 0.3 is 0 Å². The molecule has 0 heterocycles. The van der Waals surface area contributed by atoms with Crippen molar-refractivity contribution in [2.75, 3.05) is 13.2 Å². The fourth-order valence-corrected chi connectivity index (χ4v) is 1.15. The molecule has 0 rings (SSSR count). The van der Waals surface area contributed by atoms with Gasteiger partial charge in [-0.05, 0) is 5.92 Å². The molecule has 0 aliphatic carbocycles. The number of hydrogen-bond acceptors (Lipinski definition) is 4. The minimum absolute atomic E-state index is 0.0296. The second-order valence-electron chi connectivity index (χ2n) is 4.00. The Morgan fingerprint density at radius 2 is 1.88 bits per heavy atom. The van der Waals surface area contributed by atoms with Gasteiger partial charge in [0.2, 0.25) is 11.8 Å². The third kappa shape index (κ3) is 5.67. The minimum atomic E-state index is -0.978. The summed E-state index contributed by atoms with van der Waals surface area (Å²) in [5, 5.41) is 22.6. The van der Waals surface area contributed by atoms with Crippen LogP contribution >= 0.6 is 0 Å². The third-order valence-electron chi connectivity index (χ3n) is 2.03. The van der Waals surface area contributed by atoms with E-state index in [4.69, 9.17) is 10.2 Å². The van der Waals surface area contributed by atoms with E-state index in [0.29, 0.717) is 0 Å². The molecule has 94 valence electrons. The van der Waals surface area contributed by atoms with Gasteiger partial charge in [0, 0.05) is 13.5 Å². The van der Waals surface area contributed by atoms with Crippen molar-refractivity contribution in [1.82, 2.24) is 10.6 Å². The van der Waals surface area contributed by atoms with E-state index in [1.165, 1.54) is 6.92 Å². The van der Waals surface area contributed by atoms with Crippen LogP contribution in [-0.4, -0.2) is 47.3 Å². The molecule has 0 aromatic carbocycles. The zero-order valence-electron chi connectivity index (χ0n) is 9.86. The molecule has 0 fully saturated rings. The molecule has 0 aromatic heterocycles. The average molecular weight is 232 g/mol. The van der Waals surface area contributed by atoms with Gasteiger partial charge in [-0.25, -0.2) is 0 Å². The summed E-state index contributed by atoms with van der Waals surface area (Å²) >= 11 is 0. The van der Waals surface area contributed by atoms with Crippen molar-refractivity contribution >= 4 is 11.8 Å². The van der Waals surface area contributed by atoms with Crippen molar-refractivity contribution in [2.24, 2.45) is 5.92 Å². The van der Waals surface area contributed by atoms with Gasteiger partial charge in [-0.2, -0.15) is 0 Å². The smallest absolute Gasteiger partial charge is 0.242 e. The highest BCUT2D eigenvalue weighted by Crippen LogP contribution is 2.01. The van der Waals surface area contributed by atoms with E-state index >= 15 is 0 Å². The first-order chi connectivity index (χ1) is 7.38. The van der Waals surface area contributed by atoms with Crippen LogP contribution in [0.1, 0.15) is 20.8 Å². The van der Waals surface area contributed by atoms with Crippen molar-refractivity contribution < 1.29 is 19.8 Å². The first-order valence-corrected chi connectivity index (χ1v) is 5.22. The summed E-state index contributed by atoms with van der Waals surface area (Å²) in [6.45, 7) is 4.52. The fraction of sp³-hybridized carbons (Fsp3) is 0.800.